The number of benzene rings is 1. The van der Waals surface area contributed by atoms with Gasteiger partial charge in [0.2, 0.25) is 0 Å². The van der Waals surface area contributed by atoms with Gasteiger partial charge in [-0.2, -0.15) is 0 Å². The first-order valence-electron chi connectivity index (χ1n) is 4.47. The second kappa shape index (κ2) is 3.56. The van der Waals surface area contributed by atoms with E-state index in [1.807, 2.05) is 12.1 Å². The van der Waals surface area contributed by atoms with Gasteiger partial charge in [-0.1, -0.05) is 23.7 Å². The molecular weight excluding hydrogens is 186 g/mol. The second-order valence-electron chi connectivity index (χ2n) is 3.37. The van der Waals surface area contributed by atoms with Crippen LogP contribution in [-0.4, -0.2) is 18.2 Å². The Labute approximate surface area is 82.5 Å². The molecule has 70 valence electrons. The third-order valence-corrected chi connectivity index (χ3v) is 2.92. The van der Waals surface area contributed by atoms with Crippen molar-refractivity contribution in [3.8, 4) is 5.75 Å². The zero-order valence-electron chi connectivity index (χ0n) is 7.26. The Balaban J connectivity index is 2.33. The molecule has 1 aromatic carbocycles. The van der Waals surface area contributed by atoms with Crippen molar-refractivity contribution in [3.63, 3.8) is 0 Å². The number of nitrogens with one attached hydrogen (secondary N) is 1. The summed E-state index contributed by atoms with van der Waals surface area (Å²) in [6.45, 7) is 2.00. The molecule has 2 rings (SSSR count). The summed E-state index contributed by atoms with van der Waals surface area (Å²) in [5.41, 5.74) is 1.06. The molecule has 1 aromatic rings. The molecule has 3 heteroatoms. The lowest BCUT2D eigenvalue weighted by atomic mass is 9.98. The summed E-state index contributed by atoms with van der Waals surface area (Å²) in [6, 6.07) is 5.45. The summed E-state index contributed by atoms with van der Waals surface area (Å²) < 4.78 is 0. The van der Waals surface area contributed by atoms with Gasteiger partial charge in [0.05, 0.1) is 5.02 Å². The van der Waals surface area contributed by atoms with Crippen molar-refractivity contribution in [1.82, 2.24) is 5.32 Å². The van der Waals surface area contributed by atoms with Gasteiger partial charge in [0, 0.05) is 6.54 Å². The molecule has 13 heavy (non-hydrogen) atoms. The first kappa shape index (κ1) is 8.85. The standard InChI is InChI=1S/C10H12ClNO/c11-10-8(2-1-3-9(10)13)7-4-5-12-6-7/h1-3,7,12-13H,4-6H2/t7-/m0/s1. The van der Waals surface area contributed by atoms with E-state index < -0.39 is 0 Å². The minimum absolute atomic E-state index is 0.186. The summed E-state index contributed by atoms with van der Waals surface area (Å²) in [5, 5.41) is 13.2. The van der Waals surface area contributed by atoms with Gasteiger partial charge in [-0.25, -0.2) is 0 Å². The largest absolute Gasteiger partial charge is 0.506 e. The fourth-order valence-corrected chi connectivity index (χ4v) is 2.05. The van der Waals surface area contributed by atoms with E-state index in [2.05, 4.69) is 5.32 Å². The number of phenols is 1. The topological polar surface area (TPSA) is 32.3 Å². The summed E-state index contributed by atoms with van der Waals surface area (Å²) in [5.74, 6) is 0.644. The highest BCUT2D eigenvalue weighted by molar-refractivity contribution is 6.32. The van der Waals surface area contributed by atoms with Gasteiger partial charge < -0.3 is 10.4 Å². The van der Waals surface area contributed by atoms with Gasteiger partial charge >= 0.3 is 0 Å². The van der Waals surface area contributed by atoms with Crippen LogP contribution in [0.25, 0.3) is 0 Å². The molecule has 0 unspecified atom stereocenters. The molecule has 1 atom stereocenters. The normalized spacial score (nSPS) is 22.1. The van der Waals surface area contributed by atoms with E-state index in [0.717, 1.165) is 25.1 Å². The summed E-state index contributed by atoms with van der Waals surface area (Å²) >= 11 is 6.00. The monoisotopic (exact) mass is 197 g/mol. The van der Waals surface area contributed by atoms with E-state index in [1.165, 1.54) is 0 Å². The number of halogens is 1. The Morgan fingerprint density at radius 2 is 2.31 bits per heavy atom. The first-order chi connectivity index (χ1) is 6.29. The fraction of sp³-hybridized carbons (Fsp3) is 0.400. The Kier molecular flexibility index (Phi) is 2.42. The van der Waals surface area contributed by atoms with Crippen molar-refractivity contribution >= 4 is 11.6 Å². The lowest BCUT2D eigenvalue weighted by Gasteiger charge is -2.11. The van der Waals surface area contributed by atoms with Crippen molar-refractivity contribution in [2.24, 2.45) is 0 Å². The molecule has 1 aliphatic heterocycles. The molecule has 2 nitrogen and oxygen atoms in total. The quantitative estimate of drug-likeness (QED) is 0.723. The number of rotatable bonds is 1. The highest BCUT2D eigenvalue weighted by Crippen LogP contribution is 2.34. The Hall–Kier alpha value is -0.730. The zero-order chi connectivity index (χ0) is 9.26. The number of hydrogen-bond acceptors (Lipinski definition) is 2. The van der Waals surface area contributed by atoms with Crippen LogP contribution in [0.3, 0.4) is 0 Å². The van der Waals surface area contributed by atoms with Crippen LogP contribution in [0.5, 0.6) is 5.75 Å². The van der Waals surface area contributed by atoms with Crippen LogP contribution in [0.1, 0.15) is 17.9 Å². The maximum atomic E-state index is 9.41. The Morgan fingerprint density at radius 3 is 3.00 bits per heavy atom. The highest BCUT2D eigenvalue weighted by Gasteiger charge is 2.19. The smallest absolute Gasteiger partial charge is 0.134 e. The predicted molar refractivity (Wildman–Crippen MR) is 53.3 cm³/mol. The maximum absolute atomic E-state index is 9.41. The van der Waals surface area contributed by atoms with E-state index in [1.54, 1.807) is 6.07 Å². The molecule has 0 saturated carbocycles. The minimum atomic E-state index is 0.186. The zero-order valence-corrected chi connectivity index (χ0v) is 8.01. The lowest BCUT2D eigenvalue weighted by molar-refractivity contribution is 0.474. The number of hydrogen-bond donors (Lipinski definition) is 2. The predicted octanol–water partition coefficient (Wildman–Crippen LogP) is 2.12. The SMILES string of the molecule is Oc1cccc([C@H]2CCNC2)c1Cl. The van der Waals surface area contributed by atoms with Crippen molar-refractivity contribution < 1.29 is 5.11 Å². The third kappa shape index (κ3) is 1.64. The van der Waals surface area contributed by atoms with Gasteiger partial charge in [-0.15, -0.1) is 0 Å². The average Bonchev–Trinajstić information content (AvgIpc) is 2.62. The van der Waals surface area contributed by atoms with Crippen molar-refractivity contribution in [2.45, 2.75) is 12.3 Å². The van der Waals surface area contributed by atoms with Crippen LogP contribution < -0.4 is 5.32 Å². The van der Waals surface area contributed by atoms with E-state index in [0.29, 0.717) is 10.9 Å². The van der Waals surface area contributed by atoms with Crippen LogP contribution >= 0.6 is 11.6 Å². The van der Waals surface area contributed by atoms with Crippen LogP contribution in [-0.2, 0) is 0 Å². The average molecular weight is 198 g/mol. The van der Waals surface area contributed by atoms with Gasteiger partial charge in [-0.3, -0.25) is 0 Å². The van der Waals surface area contributed by atoms with Gasteiger partial charge in [0.1, 0.15) is 5.75 Å². The molecule has 1 aliphatic rings. The summed E-state index contributed by atoms with van der Waals surface area (Å²) in [4.78, 5) is 0. The second-order valence-corrected chi connectivity index (χ2v) is 3.75. The number of phenolic OH excluding ortho intramolecular Hbond substituents is 1. The van der Waals surface area contributed by atoms with Crippen LogP contribution in [0, 0.1) is 0 Å². The van der Waals surface area contributed by atoms with E-state index >= 15 is 0 Å². The summed E-state index contributed by atoms with van der Waals surface area (Å²) in [6.07, 6.45) is 1.10. The molecule has 1 heterocycles. The van der Waals surface area contributed by atoms with Gasteiger partial charge in [-0.05, 0) is 30.5 Å². The summed E-state index contributed by atoms with van der Waals surface area (Å²) in [7, 11) is 0. The van der Waals surface area contributed by atoms with Crippen molar-refractivity contribution in [3.05, 3.63) is 28.8 Å². The molecule has 0 aromatic heterocycles. The van der Waals surface area contributed by atoms with Crippen LogP contribution in [0.2, 0.25) is 5.02 Å². The molecule has 2 N–H and O–H groups in total. The molecule has 0 bridgehead atoms. The maximum Gasteiger partial charge on any atom is 0.134 e. The molecular formula is C10H12ClNO. The van der Waals surface area contributed by atoms with Crippen LogP contribution in [0.15, 0.2) is 18.2 Å². The van der Waals surface area contributed by atoms with Crippen molar-refractivity contribution in [1.29, 1.82) is 0 Å². The van der Waals surface area contributed by atoms with E-state index in [-0.39, 0.29) is 5.75 Å². The molecule has 1 saturated heterocycles. The van der Waals surface area contributed by atoms with Crippen LogP contribution in [0.4, 0.5) is 0 Å². The number of aromatic hydroxyl groups is 1. The molecule has 1 fully saturated rings. The molecule has 0 spiro atoms. The fourth-order valence-electron chi connectivity index (χ4n) is 1.77. The first-order valence-corrected chi connectivity index (χ1v) is 4.85. The van der Waals surface area contributed by atoms with E-state index in [9.17, 15) is 5.11 Å². The Bertz CT molecular complexity index is 308. The molecule has 0 radical (unpaired) electrons. The molecule has 0 aliphatic carbocycles. The minimum Gasteiger partial charge on any atom is -0.506 e. The van der Waals surface area contributed by atoms with Gasteiger partial charge in [0.25, 0.3) is 0 Å². The van der Waals surface area contributed by atoms with Crippen molar-refractivity contribution in [2.75, 3.05) is 13.1 Å². The van der Waals surface area contributed by atoms with E-state index in [4.69, 9.17) is 11.6 Å². The third-order valence-electron chi connectivity index (χ3n) is 2.51. The Morgan fingerprint density at radius 1 is 1.46 bits per heavy atom. The lowest BCUT2D eigenvalue weighted by Crippen LogP contribution is -2.08. The van der Waals surface area contributed by atoms with Gasteiger partial charge in [0.15, 0.2) is 0 Å². The molecule has 0 amide bonds. The highest BCUT2D eigenvalue weighted by atomic mass is 35.5.